The van der Waals surface area contributed by atoms with Gasteiger partial charge in [-0.3, -0.25) is 29.8 Å². The van der Waals surface area contributed by atoms with E-state index in [1.54, 1.807) is 13.8 Å². The van der Waals surface area contributed by atoms with Crippen molar-refractivity contribution < 1.29 is 19.2 Å². The Morgan fingerprint density at radius 1 is 0.692 bits per heavy atom. The zero-order valence-electron chi connectivity index (χ0n) is 15.2. The zero-order chi connectivity index (χ0) is 19.2. The SMILES string of the molecule is CC1=C(Cc2ccc(C)c(CC3=C(C)C(=O)NC3=O)c2C)C(=O)NC1=O. The van der Waals surface area contributed by atoms with Crippen molar-refractivity contribution >= 4 is 23.6 Å². The van der Waals surface area contributed by atoms with Crippen LogP contribution in [0.4, 0.5) is 0 Å². The molecule has 0 saturated heterocycles. The molecule has 1 aromatic rings. The number of imide groups is 2. The van der Waals surface area contributed by atoms with Gasteiger partial charge in [-0.1, -0.05) is 12.1 Å². The van der Waals surface area contributed by atoms with Crippen molar-refractivity contribution in [3.63, 3.8) is 0 Å². The van der Waals surface area contributed by atoms with Gasteiger partial charge in [-0.25, -0.2) is 0 Å². The first kappa shape index (κ1) is 17.8. The first-order valence-electron chi connectivity index (χ1n) is 8.39. The van der Waals surface area contributed by atoms with E-state index in [4.69, 9.17) is 0 Å². The first-order chi connectivity index (χ1) is 12.2. The highest BCUT2D eigenvalue weighted by molar-refractivity contribution is 6.20. The Morgan fingerprint density at radius 2 is 1.19 bits per heavy atom. The standard InChI is InChI=1S/C20H20N2O4/c1-9-5-6-13(7-15-11(3)17(23)21-19(15)25)10(2)14(9)8-16-12(4)18(24)22-20(16)26/h5-6H,7-8H2,1-4H3,(H,21,23,25)(H,22,24,26). The van der Waals surface area contributed by atoms with Crippen LogP contribution in [0, 0.1) is 13.8 Å². The van der Waals surface area contributed by atoms with E-state index in [1.165, 1.54) is 0 Å². The van der Waals surface area contributed by atoms with Crippen molar-refractivity contribution in [1.29, 1.82) is 0 Å². The van der Waals surface area contributed by atoms with Gasteiger partial charge in [0, 0.05) is 35.1 Å². The second-order valence-corrected chi connectivity index (χ2v) is 6.77. The molecule has 134 valence electrons. The smallest absolute Gasteiger partial charge is 0.254 e. The van der Waals surface area contributed by atoms with Crippen molar-refractivity contribution in [3.8, 4) is 0 Å². The fourth-order valence-corrected chi connectivity index (χ4v) is 3.36. The Kier molecular flexibility index (Phi) is 4.36. The molecule has 0 aliphatic carbocycles. The third kappa shape index (κ3) is 2.87. The normalized spacial score (nSPS) is 17.4. The Labute approximate surface area is 151 Å². The van der Waals surface area contributed by atoms with Gasteiger partial charge >= 0.3 is 0 Å². The fourth-order valence-electron chi connectivity index (χ4n) is 3.36. The molecule has 0 bridgehead atoms. The summed E-state index contributed by atoms with van der Waals surface area (Å²) in [6.45, 7) is 7.18. The molecule has 0 atom stereocenters. The van der Waals surface area contributed by atoms with Crippen LogP contribution in [0.3, 0.4) is 0 Å². The Morgan fingerprint density at radius 3 is 1.65 bits per heavy atom. The van der Waals surface area contributed by atoms with Crippen LogP contribution in [0.15, 0.2) is 34.4 Å². The molecule has 26 heavy (non-hydrogen) atoms. The highest BCUT2D eigenvalue weighted by atomic mass is 16.2. The third-order valence-electron chi connectivity index (χ3n) is 5.25. The summed E-state index contributed by atoms with van der Waals surface area (Å²) in [7, 11) is 0. The lowest BCUT2D eigenvalue weighted by Gasteiger charge is -2.15. The molecule has 4 amide bonds. The maximum Gasteiger partial charge on any atom is 0.254 e. The summed E-state index contributed by atoms with van der Waals surface area (Å²) in [6, 6.07) is 3.87. The summed E-state index contributed by atoms with van der Waals surface area (Å²) < 4.78 is 0. The highest BCUT2D eigenvalue weighted by Crippen LogP contribution is 2.27. The second-order valence-electron chi connectivity index (χ2n) is 6.77. The summed E-state index contributed by atoms with van der Waals surface area (Å²) >= 11 is 0. The quantitative estimate of drug-likeness (QED) is 0.800. The van der Waals surface area contributed by atoms with Crippen LogP contribution in [0.5, 0.6) is 0 Å². The van der Waals surface area contributed by atoms with E-state index in [0.717, 1.165) is 22.3 Å². The van der Waals surface area contributed by atoms with E-state index in [0.29, 0.717) is 35.1 Å². The maximum atomic E-state index is 12.0. The second kappa shape index (κ2) is 6.37. The number of hydrogen-bond donors (Lipinski definition) is 2. The summed E-state index contributed by atoms with van der Waals surface area (Å²) in [5.41, 5.74) is 5.69. The van der Waals surface area contributed by atoms with E-state index in [-0.39, 0.29) is 23.6 Å². The molecule has 0 aromatic heterocycles. The molecule has 2 heterocycles. The molecular formula is C20H20N2O4. The number of carbonyl (C=O) groups excluding carboxylic acids is 4. The number of benzene rings is 1. The minimum Gasteiger partial charge on any atom is -0.289 e. The van der Waals surface area contributed by atoms with Crippen LogP contribution in [0.2, 0.25) is 0 Å². The molecule has 0 saturated carbocycles. The van der Waals surface area contributed by atoms with Gasteiger partial charge in [0.1, 0.15) is 0 Å². The maximum absolute atomic E-state index is 12.0. The number of aryl methyl sites for hydroxylation is 1. The minimum atomic E-state index is -0.353. The number of carbonyl (C=O) groups is 4. The van der Waals surface area contributed by atoms with Gasteiger partial charge in [0.25, 0.3) is 23.6 Å². The van der Waals surface area contributed by atoms with Gasteiger partial charge < -0.3 is 0 Å². The molecule has 0 radical (unpaired) electrons. The Bertz CT molecular complexity index is 951. The predicted octanol–water partition coefficient (Wildman–Crippen LogP) is 1.33. The van der Waals surface area contributed by atoms with Crippen molar-refractivity contribution in [3.05, 3.63) is 56.7 Å². The van der Waals surface area contributed by atoms with E-state index >= 15 is 0 Å². The molecule has 0 spiro atoms. The fraction of sp³-hybridized carbons (Fsp3) is 0.300. The molecule has 3 rings (SSSR count). The van der Waals surface area contributed by atoms with E-state index < -0.39 is 0 Å². The molecule has 0 unspecified atom stereocenters. The monoisotopic (exact) mass is 352 g/mol. The van der Waals surface area contributed by atoms with Gasteiger partial charge in [0.05, 0.1) is 0 Å². The molecule has 2 aliphatic heterocycles. The topological polar surface area (TPSA) is 92.3 Å². The van der Waals surface area contributed by atoms with E-state index in [1.807, 2.05) is 26.0 Å². The predicted molar refractivity (Wildman–Crippen MR) is 95.0 cm³/mol. The Balaban J connectivity index is 1.98. The van der Waals surface area contributed by atoms with Crippen molar-refractivity contribution in [2.24, 2.45) is 0 Å². The minimum absolute atomic E-state index is 0.349. The summed E-state index contributed by atoms with van der Waals surface area (Å²) in [5, 5.41) is 4.62. The van der Waals surface area contributed by atoms with Gasteiger partial charge in [-0.15, -0.1) is 0 Å². The van der Waals surface area contributed by atoms with Gasteiger partial charge in [-0.2, -0.15) is 0 Å². The third-order valence-corrected chi connectivity index (χ3v) is 5.25. The van der Waals surface area contributed by atoms with Crippen LogP contribution >= 0.6 is 0 Å². The van der Waals surface area contributed by atoms with Crippen LogP contribution in [0.1, 0.15) is 36.1 Å². The van der Waals surface area contributed by atoms with Crippen LogP contribution in [-0.4, -0.2) is 23.6 Å². The van der Waals surface area contributed by atoms with E-state index in [2.05, 4.69) is 10.6 Å². The first-order valence-corrected chi connectivity index (χ1v) is 8.39. The van der Waals surface area contributed by atoms with Crippen LogP contribution < -0.4 is 10.6 Å². The summed E-state index contributed by atoms with van der Waals surface area (Å²) in [5.74, 6) is -1.40. The number of nitrogens with one attached hydrogen (secondary N) is 2. The summed E-state index contributed by atoms with van der Waals surface area (Å²) in [4.78, 5) is 47.3. The molecule has 1 aromatic carbocycles. The molecule has 0 fully saturated rings. The number of rotatable bonds is 4. The van der Waals surface area contributed by atoms with Crippen molar-refractivity contribution in [2.75, 3.05) is 0 Å². The number of amides is 4. The lowest BCUT2D eigenvalue weighted by atomic mass is 9.89. The van der Waals surface area contributed by atoms with Gasteiger partial charge in [0.2, 0.25) is 0 Å². The van der Waals surface area contributed by atoms with Crippen LogP contribution in [-0.2, 0) is 32.0 Å². The molecular weight excluding hydrogens is 332 g/mol. The summed E-state index contributed by atoms with van der Waals surface area (Å²) in [6.07, 6.45) is 0.712. The molecule has 6 heteroatoms. The average Bonchev–Trinajstić information content (AvgIpc) is 2.96. The zero-order valence-corrected chi connectivity index (χ0v) is 15.2. The highest BCUT2D eigenvalue weighted by Gasteiger charge is 2.29. The molecule has 2 N–H and O–H groups in total. The molecule has 2 aliphatic rings. The van der Waals surface area contributed by atoms with E-state index in [9.17, 15) is 19.2 Å². The van der Waals surface area contributed by atoms with Gasteiger partial charge in [0.15, 0.2) is 0 Å². The largest absolute Gasteiger partial charge is 0.289 e. The lowest BCUT2D eigenvalue weighted by Crippen LogP contribution is -2.23. The number of hydrogen-bond acceptors (Lipinski definition) is 4. The molecule has 6 nitrogen and oxygen atoms in total. The average molecular weight is 352 g/mol. The van der Waals surface area contributed by atoms with Crippen molar-refractivity contribution in [2.45, 2.75) is 40.5 Å². The lowest BCUT2D eigenvalue weighted by molar-refractivity contribution is -0.125. The van der Waals surface area contributed by atoms with Crippen LogP contribution in [0.25, 0.3) is 0 Å². The van der Waals surface area contributed by atoms with Crippen molar-refractivity contribution in [1.82, 2.24) is 10.6 Å². The van der Waals surface area contributed by atoms with Gasteiger partial charge in [-0.05, 0) is 49.9 Å². The Hall–Kier alpha value is -3.02.